The molecule has 2 aromatic rings. The maximum atomic E-state index is 15.6. The van der Waals surface area contributed by atoms with E-state index in [1.165, 1.54) is 13.3 Å². The molecule has 2 aliphatic rings. The number of fused-ring (bicyclic) bond motifs is 1. The summed E-state index contributed by atoms with van der Waals surface area (Å²) in [7, 11) is 1.40. The summed E-state index contributed by atoms with van der Waals surface area (Å²) in [5.74, 6) is -2.34. The van der Waals surface area contributed by atoms with Gasteiger partial charge in [-0.1, -0.05) is 0 Å². The molecule has 0 radical (unpaired) electrons. The number of hydrogen-bond acceptors (Lipinski definition) is 8. The first-order valence-corrected chi connectivity index (χ1v) is 12.7. The van der Waals surface area contributed by atoms with Crippen molar-refractivity contribution in [2.75, 3.05) is 31.6 Å². The highest BCUT2D eigenvalue weighted by atomic mass is 19.1. The maximum Gasteiger partial charge on any atom is 0.341 e. The minimum absolute atomic E-state index is 0.00630. The molecule has 2 atom stereocenters. The summed E-state index contributed by atoms with van der Waals surface area (Å²) in [6.45, 7) is 6.16. The number of esters is 1. The van der Waals surface area contributed by atoms with Crippen LogP contribution in [0.15, 0.2) is 17.1 Å². The quantitative estimate of drug-likeness (QED) is 0.471. The fourth-order valence-electron chi connectivity index (χ4n) is 5.14. The molecule has 38 heavy (non-hydrogen) atoms. The van der Waals surface area contributed by atoms with Crippen LogP contribution in [-0.4, -0.2) is 60.0 Å². The predicted octanol–water partition coefficient (Wildman–Crippen LogP) is 3.22. The number of aromatic carboxylic acids is 1. The zero-order valence-electron chi connectivity index (χ0n) is 22.0. The van der Waals surface area contributed by atoms with Crippen LogP contribution in [0.3, 0.4) is 0 Å². The Labute approximate surface area is 219 Å². The van der Waals surface area contributed by atoms with Gasteiger partial charge in [-0.25, -0.2) is 9.18 Å². The number of hydrogen-bond donors (Lipinski definition) is 2. The summed E-state index contributed by atoms with van der Waals surface area (Å²) in [5.41, 5.74) is -1.21. The lowest BCUT2D eigenvalue weighted by Gasteiger charge is -2.27. The van der Waals surface area contributed by atoms with Gasteiger partial charge in [-0.2, -0.15) is 5.26 Å². The summed E-state index contributed by atoms with van der Waals surface area (Å²) in [5, 5.41) is 22.0. The highest BCUT2D eigenvalue weighted by molar-refractivity contribution is 5.97. The Morgan fingerprint density at radius 1 is 1.32 bits per heavy atom. The molecule has 4 rings (SSSR count). The van der Waals surface area contributed by atoms with Crippen LogP contribution in [0.2, 0.25) is 0 Å². The number of carboxylic acids is 1. The summed E-state index contributed by atoms with van der Waals surface area (Å²) in [6, 6.07) is 2.95. The lowest BCUT2D eigenvalue weighted by Crippen LogP contribution is -2.42. The molecular weight excluding hydrogens is 495 g/mol. The third kappa shape index (κ3) is 5.60. The van der Waals surface area contributed by atoms with Crippen LogP contribution in [0, 0.1) is 23.1 Å². The second-order valence-corrected chi connectivity index (χ2v) is 10.9. The molecule has 10 nitrogen and oxygen atoms in total. The van der Waals surface area contributed by atoms with Crippen molar-refractivity contribution in [2.24, 2.45) is 5.92 Å². The number of anilines is 1. The minimum Gasteiger partial charge on any atom is -0.492 e. The van der Waals surface area contributed by atoms with Crippen LogP contribution in [-0.2, 0) is 9.53 Å². The molecule has 11 heteroatoms. The van der Waals surface area contributed by atoms with Crippen molar-refractivity contribution in [1.82, 2.24) is 9.88 Å². The first kappa shape index (κ1) is 27.4. The van der Waals surface area contributed by atoms with Gasteiger partial charge in [0.15, 0.2) is 11.6 Å². The molecule has 204 valence electrons. The number of rotatable bonds is 9. The van der Waals surface area contributed by atoms with Crippen molar-refractivity contribution in [3.63, 3.8) is 0 Å². The molecule has 2 unspecified atom stereocenters. The van der Waals surface area contributed by atoms with Crippen LogP contribution >= 0.6 is 0 Å². The van der Waals surface area contributed by atoms with E-state index in [0.29, 0.717) is 25.0 Å². The van der Waals surface area contributed by atoms with E-state index in [4.69, 9.17) is 9.47 Å². The molecular formula is C27H33FN4O6. The zero-order chi connectivity index (χ0) is 27.8. The highest BCUT2D eigenvalue weighted by Crippen LogP contribution is 2.44. The Morgan fingerprint density at radius 2 is 2.03 bits per heavy atom. The molecule has 1 aliphatic heterocycles. The molecule has 1 aromatic heterocycles. The molecule has 1 aliphatic carbocycles. The van der Waals surface area contributed by atoms with Crippen LogP contribution in [0.1, 0.15) is 62.9 Å². The number of benzene rings is 1. The van der Waals surface area contributed by atoms with Crippen LogP contribution in [0.25, 0.3) is 10.9 Å². The zero-order valence-corrected chi connectivity index (χ0v) is 22.0. The molecule has 2 fully saturated rings. The van der Waals surface area contributed by atoms with Gasteiger partial charge in [0.05, 0.1) is 37.0 Å². The molecule has 1 saturated heterocycles. The second-order valence-electron chi connectivity index (χ2n) is 10.9. The number of carbonyl (C=O) groups is 2. The normalized spacial score (nSPS) is 18.3. The monoisotopic (exact) mass is 528 g/mol. The Kier molecular flexibility index (Phi) is 7.65. The van der Waals surface area contributed by atoms with E-state index in [1.807, 2.05) is 4.90 Å². The van der Waals surface area contributed by atoms with Crippen molar-refractivity contribution in [2.45, 2.75) is 64.1 Å². The standard InChI is InChI=1S/C27H33FN4O6/c1-27(2,3)38-21(33)12-30-20(7-9-29)15-8-10-31(13-15)23-19(28)11-17-22(25(23)37-4)32(16-5-6-16)14-18(24(17)34)26(35)36/h11,14-16,20,30H,5-8,10,12-13H2,1-4H3,(H,35,36). The summed E-state index contributed by atoms with van der Waals surface area (Å²) in [4.78, 5) is 38.6. The topological polar surface area (TPSA) is 134 Å². The second kappa shape index (κ2) is 10.6. The van der Waals surface area contributed by atoms with Gasteiger partial charge in [-0.3, -0.25) is 9.59 Å². The SMILES string of the molecule is COc1c(N2CCC(C(CC#N)NCC(=O)OC(C)(C)C)C2)c(F)cc2c(=O)c(C(=O)O)cn(C3CC3)c12. The van der Waals surface area contributed by atoms with E-state index in [9.17, 15) is 24.8 Å². The number of ether oxygens (including phenoxy) is 2. The molecule has 1 saturated carbocycles. The lowest BCUT2D eigenvalue weighted by molar-refractivity contribution is -0.153. The Morgan fingerprint density at radius 3 is 2.61 bits per heavy atom. The number of halogens is 1. The average molecular weight is 529 g/mol. The van der Waals surface area contributed by atoms with Gasteiger partial charge in [0.2, 0.25) is 5.43 Å². The van der Waals surface area contributed by atoms with Gasteiger partial charge in [0.1, 0.15) is 16.9 Å². The summed E-state index contributed by atoms with van der Waals surface area (Å²) in [6.07, 6.45) is 3.76. The first-order chi connectivity index (χ1) is 17.9. The molecule has 1 aromatic carbocycles. The number of methoxy groups -OCH3 is 1. The number of nitriles is 1. The summed E-state index contributed by atoms with van der Waals surface area (Å²) < 4.78 is 28.4. The van der Waals surface area contributed by atoms with E-state index >= 15 is 4.39 Å². The molecule has 0 bridgehead atoms. The highest BCUT2D eigenvalue weighted by Gasteiger charge is 2.35. The smallest absolute Gasteiger partial charge is 0.341 e. The fourth-order valence-corrected chi connectivity index (χ4v) is 5.14. The molecule has 2 heterocycles. The van der Waals surface area contributed by atoms with Gasteiger partial charge in [-0.15, -0.1) is 0 Å². The van der Waals surface area contributed by atoms with Crippen molar-refractivity contribution in [3.05, 3.63) is 33.9 Å². The van der Waals surface area contributed by atoms with Gasteiger partial charge in [0.25, 0.3) is 0 Å². The molecule has 0 amide bonds. The van der Waals surface area contributed by atoms with Crippen LogP contribution < -0.4 is 20.4 Å². The van der Waals surface area contributed by atoms with E-state index in [1.54, 1.807) is 25.3 Å². The number of carbonyl (C=O) groups excluding carboxylic acids is 1. The first-order valence-electron chi connectivity index (χ1n) is 12.7. The van der Waals surface area contributed by atoms with Crippen molar-refractivity contribution < 1.29 is 28.6 Å². The van der Waals surface area contributed by atoms with Crippen LogP contribution in [0.5, 0.6) is 5.75 Å². The average Bonchev–Trinajstić information content (AvgIpc) is 3.57. The Hall–Kier alpha value is -3.65. The van der Waals surface area contributed by atoms with Crippen LogP contribution in [0.4, 0.5) is 10.1 Å². The Bertz CT molecular complexity index is 1350. The predicted molar refractivity (Wildman–Crippen MR) is 138 cm³/mol. The van der Waals surface area contributed by atoms with Gasteiger partial charge >= 0.3 is 11.9 Å². The number of aromatic nitrogens is 1. The van der Waals surface area contributed by atoms with E-state index in [0.717, 1.165) is 18.9 Å². The third-order valence-corrected chi connectivity index (χ3v) is 6.92. The third-order valence-electron chi connectivity index (χ3n) is 6.92. The number of nitrogens with one attached hydrogen (secondary N) is 1. The molecule has 2 N–H and O–H groups in total. The van der Waals surface area contributed by atoms with Gasteiger partial charge in [-0.05, 0) is 52.0 Å². The van der Waals surface area contributed by atoms with Gasteiger partial charge in [0, 0.05) is 31.4 Å². The van der Waals surface area contributed by atoms with E-state index in [-0.39, 0.29) is 47.8 Å². The molecule has 0 spiro atoms. The fraction of sp³-hybridized carbons (Fsp3) is 0.556. The van der Waals surface area contributed by atoms with Crippen molar-refractivity contribution >= 4 is 28.5 Å². The Balaban J connectivity index is 1.66. The van der Waals surface area contributed by atoms with Crippen molar-refractivity contribution in [1.29, 1.82) is 5.26 Å². The number of carboxylic acid groups (broad SMARTS) is 1. The maximum absolute atomic E-state index is 15.6. The number of pyridine rings is 1. The van der Waals surface area contributed by atoms with E-state index < -0.39 is 34.3 Å². The largest absolute Gasteiger partial charge is 0.492 e. The lowest BCUT2D eigenvalue weighted by atomic mass is 9.96. The number of nitrogens with zero attached hydrogens (tertiary/aromatic N) is 3. The van der Waals surface area contributed by atoms with Gasteiger partial charge < -0.3 is 29.4 Å². The van der Waals surface area contributed by atoms with E-state index in [2.05, 4.69) is 11.4 Å². The summed E-state index contributed by atoms with van der Waals surface area (Å²) >= 11 is 0. The minimum atomic E-state index is -1.36. The van der Waals surface area contributed by atoms with Crippen molar-refractivity contribution in [3.8, 4) is 11.8 Å².